The molecule has 2 N–H and O–H groups in total. The molecule has 2 aromatic carbocycles. The van der Waals surface area contributed by atoms with Gasteiger partial charge in [-0.1, -0.05) is 53.8 Å². The summed E-state index contributed by atoms with van der Waals surface area (Å²) in [5, 5.41) is 3.84. The van der Waals surface area contributed by atoms with Gasteiger partial charge in [0, 0.05) is 12.0 Å². The van der Waals surface area contributed by atoms with Crippen LogP contribution in [0.1, 0.15) is 16.8 Å². The van der Waals surface area contributed by atoms with Crippen LogP contribution in [-0.4, -0.2) is 15.0 Å². The predicted octanol–water partition coefficient (Wildman–Crippen LogP) is 4.02. The van der Waals surface area contributed by atoms with Gasteiger partial charge in [-0.2, -0.15) is 0 Å². The molecule has 0 amide bonds. The maximum atomic E-state index is 12.3. The Bertz CT molecular complexity index is 1050. The van der Waals surface area contributed by atoms with Gasteiger partial charge >= 0.3 is 0 Å². The van der Waals surface area contributed by atoms with E-state index in [-0.39, 0.29) is 5.56 Å². The highest BCUT2D eigenvalue weighted by molar-refractivity contribution is 7.22. The van der Waals surface area contributed by atoms with Crippen molar-refractivity contribution in [3.8, 4) is 0 Å². The quantitative estimate of drug-likeness (QED) is 0.584. The lowest BCUT2D eigenvalue weighted by Crippen LogP contribution is -2.17. The van der Waals surface area contributed by atoms with Crippen molar-refractivity contribution in [2.24, 2.45) is 0 Å². The van der Waals surface area contributed by atoms with E-state index in [0.29, 0.717) is 23.1 Å². The van der Waals surface area contributed by atoms with Gasteiger partial charge in [-0.05, 0) is 24.6 Å². The van der Waals surface area contributed by atoms with E-state index in [4.69, 9.17) is 0 Å². The number of nitrogens with zero attached hydrogens (tertiary/aromatic N) is 2. The largest absolute Gasteiger partial charge is 0.302 e. The third-order valence-electron chi connectivity index (χ3n) is 3.99. The average molecular weight is 348 g/mol. The Morgan fingerprint density at radius 3 is 2.60 bits per heavy atom. The van der Waals surface area contributed by atoms with E-state index in [2.05, 4.69) is 20.3 Å². The molecule has 0 radical (unpaired) electrons. The van der Waals surface area contributed by atoms with Crippen LogP contribution in [0.4, 0.5) is 11.1 Å². The fraction of sp³-hybridized carbons (Fsp3) is 0.105. The maximum Gasteiger partial charge on any atom is 0.255 e. The number of aromatic nitrogens is 3. The SMILES string of the molecule is Cc1c(Cc2ccccc2)nc(Nc2nc3ccccc3s2)[nH]c1=O. The first-order chi connectivity index (χ1) is 12.2. The Balaban J connectivity index is 1.66. The van der Waals surface area contributed by atoms with Crippen LogP contribution in [0.25, 0.3) is 10.2 Å². The molecule has 0 saturated carbocycles. The molecule has 2 heterocycles. The van der Waals surface area contributed by atoms with Crippen LogP contribution >= 0.6 is 11.3 Å². The van der Waals surface area contributed by atoms with Gasteiger partial charge in [0.25, 0.3) is 5.56 Å². The van der Waals surface area contributed by atoms with E-state index in [1.807, 2.05) is 54.6 Å². The highest BCUT2D eigenvalue weighted by atomic mass is 32.1. The van der Waals surface area contributed by atoms with Crippen molar-refractivity contribution >= 4 is 32.6 Å². The third-order valence-corrected chi connectivity index (χ3v) is 4.94. The Morgan fingerprint density at radius 1 is 1.04 bits per heavy atom. The normalized spacial score (nSPS) is 10.9. The van der Waals surface area contributed by atoms with E-state index in [1.165, 1.54) is 11.3 Å². The highest BCUT2D eigenvalue weighted by Crippen LogP contribution is 2.27. The third kappa shape index (κ3) is 3.29. The first-order valence-corrected chi connectivity index (χ1v) is 8.77. The average Bonchev–Trinajstić information content (AvgIpc) is 3.02. The summed E-state index contributed by atoms with van der Waals surface area (Å²) in [5.74, 6) is 0.417. The summed E-state index contributed by atoms with van der Waals surface area (Å²) in [7, 11) is 0. The van der Waals surface area contributed by atoms with Gasteiger partial charge < -0.3 is 5.32 Å². The summed E-state index contributed by atoms with van der Waals surface area (Å²) in [6.07, 6.45) is 0.616. The molecule has 4 rings (SSSR count). The number of benzene rings is 2. The van der Waals surface area contributed by atoms with Crippen molar-refractivity contribution in [1.82, 2.24) is 15.0 Å². The summed E-state index contributed by atoms with van der Waals surface area (Å²) < 4.78 is 1.09. The molecule has 0 aliphatic carbocycles. The second kappa shape index (κ2) is 6.49. The zero-order chi connectivity index (χ0) is 17.2. The molecule has 0 unspecified atom stereocenters. The predicted molar refractivity (Wildman–Crippen MR) is 102 cm³/mol. The van der Waals surface area contributed by atoms with Crippen LogP contribution in [0.2, 0.25) is 0 Å². The van der Waals surface area contributed by atoms with Gasteiger partial charge in [0.15, 0.2) is 5.13 Å². The molecule has 0 atom stereocenters. The highest BCUT2D eigenvalue weighted by Gasteiger charge is 2.10. The molecular formula is C19H16N4OS. The van der Waals surface area contributed by atoms with Gasteiger partial charge in [0.1, 0.15) is 0 Å². The lowest BCUT2D eigenvalue weighted by Gasteiger charge is -2.08. The van der Waals surface area contributed by atoms with Crippen molar-refractivity contribution in [3.05, 3.63) is 81.8 Å². The lowest BCUT2D eigenvalue weighted by atomic mass is 10.1. The number of rotatable bonds is 4. The summed E-state index contributed by atoms with van der Waals surface area (Å²) in [5.41, 5.74) is 3.31. The smallest absolute Gasteiger partial charge is 0.255 e. The van der Waals surface area contributed by atoms with E-state index in [0.717, 1.165) is 21.5 Å². The topological polar surface area (TPSA) is 70.7 Å². The first kappa shape index (κ1) is 15.5. The van der Waals surface area contributed by atoms with Crippen molar-refractivity contribution in [3.63, 3.8) is 0 Å². The van der Waals surface area contributed by atoms with Crippen molar-refractivity contribution in [2.45, 2.75) is 13.3 Å². The number of aromatic amines is 1. The van der Waals surface area contributed by atoms with E-state index >= 15 is 0 Å². The molecule has 4 aromatic rings. The lowest BCUT2D eigenvalue weighted by molar-refractivity contribution is 0.975. The molecule has 0 saturated heterocycles. The Hall–Kier alpha value is -2.99. The second-order valence-corrected chi connectivity index (χ2v) is 6.79. The molecule has 5 nitrogen and oxygen atoms in total. The molecule has 0 aliphatic rings. The maximum absolute atomic E-state index is 12.3. The summed E-state index contributed by atoms with van der Waals surface area (Å²) in [6.45, 7) is 1.80. The fourth-order valence-corrected chi connectivity index (χ4v) is 3.49. The van der Waals surface area contributed by atoms with Crippen molar-refractivity contribution < 1.29 is 0 Å². The van der Waals surface area contributed by atoms with Gasteiger partial charge in [-0.3, -0.25) is 9.78 Å². The summed E-state index contributed by atoms with van der Waals surface area (Å²) >= 11 is 1.53. The number of para-hydroxylation sites is 1. The van der Waals surface area contributed by atoms with Gasteiger partial charge in [-0.15, -0.1) is 0 Å². The van der Waals surface area contributed by atoms with Crippen LogP contribution in [0.3, 0.4) is 0 Å². The fourth-order valence-electron chi connectivity index (χ4n) is 2.63. The number of H-pyrrole nitrogens is 1. The standard InChI is InChI=1S/C19H16N4OS/c1-12-15(11-13-7-3-2-4-8-13)20-18(22-17(12)24)23-19-21-14-9-5-6-10-16(14)25-19/h2-10H,11H2,1H3,(H2,20,21,22,23,24). The number of nitrogens with one attached hydrogen (secondary N) is 2. The number of thiazole rings is 1. The molecule has 0 fully saturated rings. The minimum Gasteiger partial charge on any atom is -0.302 e. The second-order valence-electron chi connectivity index (χ2n) is 5.76. The van der Waals surface area contributed by atoms with Crippen molar-refractivity contribution in [1.29, 1.82) is 0 Å². The van der Waals surface area contributed by atoms with Crippen LogP contribution < -0.4 is 10.9 Å². The molecule has 6 heteroatoms. The number of hydrogen-bond donors (Lipinski definition) is 2. The van der Waals surface area contributed by atoms with E-state index in [1.54, 1.807) is 6.92 Å². The number of hydrogen-bond acceptors (Lipinski definition) is 5. The zero-order valence-corrected chi connectivity index (χ0v) is 14.4. The van der Waals surface area contributed by atoms with Crippen LogP contribution in [0.5, 0.6) is 0 Å². The molecule has 25 heavy (non-hydrogen) atoms. The Labute approximate surface area is 148 Å². The van der Waals surface area contributed by atoms with Crippen LogP contribution in [0.15, 0.2) is 59.4 Å². The monoisotopic (exact) mass is 348 g/mol. The summed E-state index contributed by atoms with van der Waals surface area (Å²) in [6, 6.07) is 17.9. The molecule has 124 valence electrons. The van der Waals surface area contributed by atoms with Crippen molar-refractivity contribution in [2.75, 3.05) is 5.32 Å². The van der Waals surface area contributed by atoms with Crippen LogP contribution in [0, 0.1) is 6.92 Å². The van der Waals surface area contributed by atoms with Gasteiger partial charge in [0.05, 0.1) is 15.9 Å². The van der Waals surface area contributed by atoms with Gasteiger partial charge in [-0.25, -0.2) is 9.97 Å². The molecular weight excluding hydrogens is 332 g/mol. The summed E-state index contributed by atoms with van der Waals surface area (Å²) in [4.78, 5) is 24.2. The Kier molecular flexibility index (Phi) is 4.03. The first-order valence-electron chi connectivity index (χ1n) is 7.95. The molecule has 0 aliphatic heterocycles. The minimum absolute atomic E-state index is 0.135. The number of fused-ring (bicyclic) bond motifs is 1. The molecule has 0 bridgehead atoms. The number of anilines is 2. The molecule has 2 aromatic heterocycles. The molecule has 0 spiro atoms. The van der Waals surface area contributed by atoms with E-state index < -0.39 is 0 Å². The minimum atomic E-state index is -0.135. The van der Waals surface area contributed by atoms with Crippen LogP contribution in [-0.2, 0) is 6.42 Å². The van der Waals surface area contributed by atoms with E-state index in [9.17, 15) is 4.79 Å². The van der Waals surface area contributed by atoms with Gasteiger partial charge in [0.2, 0.25) is 5.95 Å². The zero-order valence-electron chi connectivity index (χ0n) is 13.6. The Morgan fingerprint density at radius 2 is 1.80 bits per heavy atom.